The molecule has 0 unspecified atom stereocenters. The highest BCUT2D eigenvalue weighted by Crippen LogP contribution is 2.39. The SMILES string of the molecule is O=C1C=CC(=O)N1c1ccc(-c2[nH]c3ccccc3c2-c2ccc(N3C(=O)C=CC3=O)cc2)cc1. The minimum Gasteiger partial charge on any atom is -0.354 e. The van der Waals surface area contributed by atoms with E-state index >= 15 is 0 Å². The van der Waals surface area contributed by atoms with Crippen LogP contribution in [0.5, 0.6) is 0 Å². The van der Waals surface area contributed by atoms with Crippen LogP contribution in [0, 0.1) is 0 Å². The van der Waals surface area contributed by atoms with Crippen molar-refractivity contribution in [3.63, 3.8) is 0 Å². The van der Waals surface area contributed by atoms with Crippen molar-refractivity contribution < 1.29 is 19.2 Å². The fraction of sp³-hybridized carbons (Fsp3) is 0. The molecule has 168 valence electrons. The molecule has 3 aromatic carbocycles. The molecule has 2 aliphatic rings. The van der Waals surface area contributed by atoms with Crippen LogP contribution in [-0.2, 0) is 19.2 Å². The number of hydrogen-bond acceptors (Lipinski definition) is 4. The molecule has 0 fully saturated rings. The Balaban J connectivity index is 1.42. The lowest BCUT2D eigenvalue weighted by Gasteiger charge is -2.15. The zero-order chi connectivity index (χ0) is 24.1. The van der Waals surface area contributed by atoms with Crippen LogP contribution >= 0.6 is 0 Å². The van der Waals surface area contributed by atoms with Gasteiger partial charge in [0.1, 0.15) is 0 Å². The largest absolute Gasteiger partial charge is 0.354 e. The van der Waals surface area contributed by atoms with Gasteiger partial charge in [0.05, 0.1) is 17.1 Å². The van der Waals surface area contributed by atoms with Gasteiger partial charge in [-0.15, -0.1) is 0 Å². The summed E-state index contributed by atoms with van der Waals surface area (Å²) in [5.41, 5.74) is 5.59. The lowest BCUT2D eigenvalue weighted by molar-refractivity contribution is -0.121. The maximum atomic E-state index is 12.0. The number of rotatable bonds is 4. The van der Waals surface area contributed by atoms with E-state index < -0.39 is 0 Å². The van der Waals surface area contributed by atoms with E-state index in [-0.39, 0.29) is 23.6 Å². The fourth-order valence-corrected chi connectivity index (χ4v) is 4.52. The van der Waals surface area contributed by atoms with Gasteiger partial charge < -0.3 is 4.98 Å². The highest BCUT2D eigenvalue weighted by Gasteiger charge is 2.26. The molecule has 4 aromatic rings. The number of aromatic amines is 1. The first kappa shape index (κ1) is 20.6. The number of fused-ring (bicyclic) bond motifs is 1. The van der Waals surface area contributed by atoms with Crippen molar-refractivity contribution in [1.82, 2.24) is 4.98 Å². The first-order chi connectivity index (χ1) is 17.0. The number of carbonyl (C=O) groups is 4. The van der Waals surface area contributed by atoms with E-state index in [4.69, 9.17) is 0 Å². The molecule has 7 heteroatoms. The summed E-state index contributed by atoms with van der Waals surface area (Å²) in [5.74, 6) is -1.44. The summed E-state index contributed by atoms with van der Waals surface area (Å²) < 4.78 is 0. The van der Waals surface area contributed by atoms with Crippen molar-refractivity contribution in [3.8, 4) is 22.4 Å². The third-order valence-electron chi connectivity index (χ3n) is 6.15. The van der Waals surface area contributed by atoms with Crippen LogP contribution in [0.3, 0.4) is 0 Å². The second-order valence-electron chi connectivity index (χ2n) is 8.20. The van der Waals surface area contributed by atoms with Crippen molar-refractivity contribution in [2.45, 2.75) is 0 Å². The molecule has 0 atom stereocenters. The molecule has 0 bridgehead atoms. The van der Waals surface area contributed by atoms with Crippen LogP contribution in [0.4, 0.5) is 11.4 Å². The van der Waals surface area contributed by atoms with Crippen LogP contribution in [-0.4, -0.2) is 28.6 Å². The molecule has 1 aromatic heterocycles. The average molecular weight is 459 g/mol. The smallest absolute Gasteiger partial charge is 0.258 e. The summed E-state index contributed by atoms with van der Waals surface area (Å²) >= 11 is 0. The molecule has 0 saturated carbocycles. The van der Waals surface area contributed by atoms with Gasteiger partial charge in [-0.05, 0) is 41.5 Å². The maximum absolute atomic E-state index is 12.0. The zero-order valence-corrected chi connectivity index (χ0v) is 18.3. The van der Waals surface area contributed by atoms with Crippen molar-refractivity contribution in [1.29, 1.82) is 0 Å². The van der Waals surface area contributed by atoms with Crippen molar-refractivity contribution in [3.05, 3.63) is 97.1 Å². The summed E-state index contributed by atoms with van der Waals surface area (Å²) in [6.07, 6.45) is 5.04. The monoisotopic (exact) mass is 459 g/mol. The second-order valence-corrected chi connectivity index (χ2v) is 8.20. The molecule has 3 heterocycles. The number of aromatic nitrogens is 1. The Morgan fingerprint density at radius 2 is 0.971 bits per heavy atom. The molecule has 0 saturated heterocycles. The Kier molecular flexibility index (Phi) is 4.57. The Labute approximate surface area is 199 Å². The standard InChI is InChI=1S/C28H17N3O4/c32-23-13-14-24(33)30(23)19-9-5-17(6-10-19)27-21-3-1-2-4-22(21)29-28(27)18-7-11-20(12-8-18)31-25(34)15-16-26(31)35/h1-16,29H. The van der Waals surface area contributed by atoms with Gasteiger partial charge in [0.2, 0.25) is 0 Å². The molecule has 4 amide bonds. The van der Waals surface area contributed by atoms with Crippen LogP contribution in [0.15, 0.2) is 97.1 Å². The number of anilines is 2. The number of benzene rings is 3. The van der Waals surface area contributed by atoms with Crippen molar-refractivity contribution in [2.75, 3.05) is 9.80 Å². The van der Waals surface area contributed by atoms with Crippen molar-refractivity contribution in [2.24, 2.45) is 0 Å². The maximum Gasteiger partial charge on any atom is 0.258 e. The van der Waals surface area contributed by atoms with Gasteiger partial charge in [0, 0.05) is 40.8 Å². The first-order valence-electron chi connectivity index (χ1n) is 10.9. The zero-order valence-electron chi connectivity index (χ0n) is 18.3. The summed E-state index contributed by atoms with van der Waals surface area (Å²) in [4.78, 5) is 53.9. The molecule has 6 rings (SSSR count). The van der Waals surface area contributed by atoms with Crippen molar-refractivity contribution >= 4 is 45.9 Å². The van der Waals surface area contributed by atoms with Crippen LogP contribution in [0.2, 0.25) is 0 Å². The molecule has 0 aliphatic carbocycles. The van der Waals surface area contributed by atoms with Gasteiger partial charge in [-0.2, -0.15) is 0 Å². The topological polar surface area (TPSA) is 90.6 Å². The highest BCUT2D eigenvalue weighted by atomic mass is 16.2. The highest BCUT2D eigenvalue weighted by molar-refractivity contribution is 6.28. The van der Waals surface area contributed by atoms with E-state index in [9.17, 15) is 19.2 Å². The lowest BCUT2D eigenvalue weighted by atomic mass is 9.98. The fourth-order valence-electron chi connectivity index (χ4n) is 4.52. The van der Waals surface area contributed by atoms with Gasteiger partial charge in [0.25, 0.3) is 23.6 Å². The molecular formula is C28H17N3O4. The average Bonchev–Trinajstić information content (AvgIpc) is 3.53. The number of para-hydroxylation sites is 1. The summed E-state index contributed by atoms with van der Waals surface area (Å²) in [6.45, 7) is 0. The van der Waals surface area contributed by atoms with Gasteiger partial charge in [-0.3, -0.25) is 19.2 Å². The van der Waals surface area contributed by atoms with Gasteiger partial charge in [-0.25, -0.2) is 9.80 Å². The van der Waals surface area contributed by atoms with E-state index in [0.29, 0.717) is 11.4 Å². The molecular weight excluding hydrogens is 442 g/mol. The Morgan fingerprint density at radius 3 is 1.49 bits per heavy atom. The minimum absolute atomic E-state index is 0.360. The van der Waals surface area contributed by atoms with E-state index in [1.165, 1.54) is 24.3 Å². The summed E-state index contributed by atoms with van der Waals surface area (Å²) in [5, 5.41) is 1.02. The Morgan fingerprint density at radius 1 is 0.514 bits per heavy atom. The lowest BCUT2D eigenvalue weighted by Crippen LogP contribution is -2.29. The number of nitrogens with zero attached hydrogens (tertiary/aromatic N) is 2. The molecule has 2 aliphatic heterocycles. The van der Waals surface area contributed by atoms with E-state index in [1.807, 2.05) is 48.5 Å². The predicted octanol–water partition coefficient (Wildman–Crippen LogP) is 4.36. The Hall–Kier alpha value is -5.04. The molecule has 0 radical (unpaired) electrons. The second kappa shape index (κ2) is 7.78. The molecule has 1 N–H and O–H groups in total. The quantitative estimate of drug-likeness (QED) is 0.459. The number of amides is 4. The predicted molar refractivity (Wildman–Crippen MR) is 132 cm³/mol. The minimum atomic E-state index is -0.362. The first-order valence-corrected chi connectivity index (χ1v) is 10.9. The van der Waals surface area contributed by atoms with Crippen LogP contribution in [0.25, 0.3) is 33.3 Å². The number of nitrogens with one attached hydrogen (secondary N) is 1. The van der Waals surface area contributed by atoms with Crippen LogP contribution in [0.1, 0.15) is 0 Å². The summed E-state index contributed by atoms with van der Waals surface area (Å²) in [6, 6.07) is 22.4. The number of hydrogen-bond donors (Lipinski definition) is 1. The van der Waals surface area contributed by atoms with E-state index in [1.54, 1.807) is 24.3 Å². The summed E-state index contributed by atoms with van der Waals surface area (Å²) in [7, 11) is 0. The normalized spacial score (nSPS) is 15.3. The van der Waals surface area contributed by atoms with Crippen LogP contribution < -0.4 is 9.80 Å². The number of imide groups is 2. The molecule has 35 heavy (non-hydrogen) atoms. The van der Waals surface area contributed by atoms with Gasteiger partial charge in [0.15, 0.2) is 0 Å². The molecule has 0 spiro atoms. The van der Waals surface area contributed by atoms with E-state index in [2.05, 4.69) is 4.98 Å². The Bertz CT molecular complexity index is 1570. The molecule has 7 nitrogen and oxygen atoms in total. The third kappa shape index (κ3) is 3.29. The number of carbonyl (C=O) groups excluding carboxylic acids is 4. The van der Waals surface area contributed by atoms with Gasteiger partial charge in [-0.1, -0.05) is 42.5 Å². The number of H-pyrrole nitrogens is 1. The van der Waals surface area contributed by atoms with E-state index in [0.717, 1.165) is 43.1 Å². The van der Waals surface area contributed by atoms with Gasteiger partial charge >= 0.3 is 0 Å². The third-order valence-corrected chi connectivity index (χ3v) is 6.15.